The zero-order valence-electron chi connectivity index (χ0n) is 16.2. The maximum absolute atomic E-state index is 12.3. The Morgan fingerprint density at radius 1 is 1.23 bits per heavy atom. The maximum Gasteiger partial charge on any atom is 0.338 e. The number of nitro groups is 1. The summed E-state index contributed by atoms with van der Waals surface area (Å²) in [6.07, 6.45) is 2.34. The van der Waals surface area contributed by atoms with Crippen LogP contribution < -0.4 is 10.1 Å². The van der Waals surface area contributed by atoms with Gasteiger partial charge in [-0.15, -0.1) is 0 Å². The SMILES string of the molecule is Cc1ccc(C)c(Oc2cc(NC(=O)Cn3cc(C(=O)O)cn3)cc([N+](=O)[O-])c2)c1. The molecule has 30 heavy (non-hydrogen) atoms. The highest BCUT2D eigenvalue weighted by atomic mass is 16.6. The molecule has 10 nitrogen and oxygen atoms in total. The number of hydrogen-bond donors (Lipinski definition) is 2. The summed E-state index contributed by atoms with van der Waals surface area (Å²) in [7, 11) is 0. The molecule has 0 bridgehead atoms. The first-order valence-corrected chi connectivity index (χ1v) is 8.81. The lowest BCUT2D eigenvalue weighted by atomic mass is 10.1. The van der Waals surface area contributed by atoms with Crippen molar-refractivity contribution in [1.82, 2.24) is 9.78 Å². The highest BCUT2D eigenvalue weighted by Crippen LogP contribution is 2.31. The molecule has 0 aliphatic rings. The van der Waals surface area contributed by atoms with E-state index in [4.69, 9.17) is 9.84 Å². The molecule has 0 fully saturated rings. The zero-order chi connectivity index (χ0) is 21.8. The van der Waals surface area contributed by atoms with E-state index in [-0.39, 0.29) is 29.2 Å². The number of ether oxygens (including phenoxy) is 1. The van der Waals surface area contributed by atoms with E-state index < -0.39 is 16.8 Å². The molecule has 3 aromatic rings. The van der Waals surface area contributed by atoms with Crippen LogP contribution in [-0.4, -0.2) is 31.7 Å². The van der Waals surface area contributed by atoms with Gasteiger partial charge in [-0.25, -0.2) is 4.79 Å². The monoisotopic (exact) mass is 410 g/mol. The Kier molecular flexibility index (Phi) is 5.77. The number of nitro benzene ring substituents is 1. The molecular weight excluding hydrogens is 392 g/mol. The summed E-state index contributed by atoms with van der Waals surface area (Å²) in [5.74, 6) is -0.951. The average molecular weight is 410 g/mol. The van der Waals surface area contributed by atoms with Crippen LogP contribution in [0.2, 0.25) is 0 Å². The molecule has 1 aromatic heterocycles. The normalized spacial score (nSPS) is 10.5. The maximum atomic E-state index is 12.3. The first kappa shape index (κ1) is 20.5. The van der Waals surface area contributed by atoms with Crippen LogP contribution >= 0.6 is 0 Å². The molecule has 3 rings (SSSR count). The average Bonchev–Trinajstić information content (AvgIpc) is 3.13. The largest absolute Gasteiger partial charge is 0.478 e. The Morgan fingerprint density at radius 2 is 2.00 bits per heavy atom. The van der Waals surface area contributed by atoms with Crippen LogP contribution in [0.3, 0.4) is 0 Å². The second-order valence-corrected chi connectivity index (χ2v) is 6.62. The van der Waals surface area contributed by atoms with Gasteiger partial charge in [0, 0.05) is 18.3 Å². The summed E-state index contributed by atoms with van der Waals surface area (Å²) in [6.45, 7) is 3.49. The Bertz CT molecular complexity index is 1140. The summed E-state index contributed by atoms with van der Waals surface area (Å²) < 4.78 is 6.97. The van der Waals surface area contributed by atoms with Gasteiger partial charge in [0.2, 0.25) is 5.91 Å². The van der Waals surface area contributed by atoms with E-state index in [0.29, 0.717) is 5.75 Å². The number of carbonyl (C=O) groups excluding carboxylic acids is 1. The molecule has 154 valence electrons. The number of nitrogens with one attached hydrogen (secondary N) is 1. The third-order valence-corrected chi connectivity index (χ3v) is 4.14. The van der Waals surface area contributed by atoms with Gasteiger partial charge in [-0.1, -0.05) is 12.1 Å². The molecule has 0 unspecified atom stereocenters. The number of anilines is 1. The second kappa shape index (κ2) is 8.43. The van der Waals surface area contributed by atoms with Crippen LogP contribution in [-0.2, 0) is 11.3 Å². The highest BCUT2D eigenvalue weighted by molar-refractivity contribution is 5.91. The molecule has 0 atom stereocenters. The van der Waals surface area contributed by atoms with Gasteiger partial charge < -0.3 is 15.2 Å². The van der Waals surface area contributed by atoms with E-state index in [1.807, 2.05) is 32.0 Å². The number of amides is 1. The third-order valence-electron chi connectivity index (χ3n) is 4.14. The van der Waals surface area contributed by atoms with Crippen molar-refractivity contribution in [1.29, 1.82) is 0 Å². The topological polar surface area (TPSA) is 137 Å². The van der Waals surface area contributed by atoms with E-state index in [0.717, 1.165) is 22.0 Å². The number of non-ortho nitro benzene ring substituents is 1. The number of hydrogen-bond acceptors (Lipinski definition) is 6. The smallest absolute Gasteiger partial charge is 0.338 e. The van der Waals surface area contributed by atoms with E-state index >= 15 is 0 Å². The molecule has 2 aromatic carbocycles. The van der Waals surface area contributed by atoms with Crippen LogP contribution in [0, 0.1) is 24.0 Å². The van der Waals surface area contributed by atoms with E-state index in [9.17, 15) is 19.7 Å². The van der Waals surface area contributed by atoms with Crippen LogP contribution in [0.1, 0.15) is 21.5 Å². The Balaban J connectivity index is 1.81. The first-order valence-electron chi connectivity index (χ1n) is 8.81. The van der Waals surface area contributed by atoms with E-state index in [1.54, 1.807) is 0 Å². The molecule has 0 saturated heterocycles. The van der Waals surface area contributed by atoms with Crippen molar-refractivity contribution >= 4 is 23.3 Å². The van der Waals surface area contributed by atoms with Crippen molar-refractivity contribution in [3.8, 4) is 11.5 Å². The van der Waals surface area contributed by atoms with Gasteiger partial charge in [-0.05, 0) is 31.0 Å². The molecule has 0 aliphatic carbocycles. The number of rotatable bonds is 7. The third kappa shape index (κ3) is 4.98. The van der Waals surface area contributed by atoms with E-state index in [2.05, 4.69) is 10.4 Å². The van der Waals surface area contributed by atoms with Gasteiger partial charge in [0.05, 0.1) is 28.4 Å². The zero-order valence-corrected chi connectivity index (χ0v) is 16.2. The number of carbonyl (C=O) groups is 2. The quantitative estimate of drug-likeness (QED) is 0.449. The predicted molar refractivity (Wildman–Crippen MR) is 107 cm³/mol. The molecule has 2 N–H and O–H groups in total. The lowest BCUT2D eigenvalue weighted by Gasteiger charge is -2.12. The minimum absolute atomic E-state index is 0.0534. The molecule has 0 spiro atoms. The molecule has 0 radical (unpaired) electrons. The lowest BCUT2D eigenvalue weighted by Crippen LogP contribution is -2.19. The summed E-state index contributed by atoms with van der Waals surface area (Å²) in [4.78, 5) is 33.9. The van der Waals surface area contributed by atoms with Crippen LogP contribution in [0.5, 0.6) is 11.5 Å². The van der Waals surface area contributed by atoms with Crippen molar-refractivity contribution < 1.29 is 24.4 Å². The molecule has 1 heterocycles. The number of aromatic nitrogens is 2. The van der Waals surface area contributed by atoms with Gasteiger partial charge in [0.25, 0.3) is 5.69 Å². The number of benzene rings is 2. The van der Waals surface area contributed by atoms with Crippen LogP contribution in [0.4, 0.5) is 11.4 Å². The van der Waals surface area contributed by atoms with Crippen LogP contribution in [0.25, 0.3) is 0 Å². The highest BCUT2D eigenvalue weighted by Gasteiger charge is 2.15. The molecule has 1 amide bonds. The standard InChI is InChI=1S/C20H18N4O6/c1-12-3-4-13(2)18(5-12)30-17-7-15(6-16(8-17)24(28)29)22-19(25)11-23-10-14(9-21-23)20(26)27/h3-10H,11H2,1-2H3,(H,22,25)(H,26,27). The van der Waals surface area contributed by atoms with Crippen LogP contribution in [0.15, 0.2) is 48.8 Å². The Hall–Kier alpha value is -4.21. The van der Waals surface area contributed by atoms with Crippen molar-refractivity contribution in [2.75, 3.05) is 5.32 Å². The van der Waals surface area contributed by atoms with E-state index in [1.165, 1.54) is 24.4 Å². The summed E-state index contributed by atoms with van der Waals surface area (Å²) in [6, 6.07) is 9.55. The second-order valence-electron chi connectivity index (χ2n) is 6.62. The minimum atomic E-state index is -1.16. The number of carboxylic acids is 1. The van der Waals surface area contributed by atoms with Crippen molar-refractivity contribution in [3.05, 3.63) is 75.6 Å². The first-order chi connectivity index (χ1) is 14.2. The molecule has 10 heteroatoms. The fraction of sp³-hybridized carbons (Fsp3) is 0.150. The number of aryl methyl sites for hydroxylation is 2. The van der Waals surface area contributed by atoms with Gasteiger partial charge in [0.15, 0.2) is 0 Å². The number of nitrogens with zero attached hydrogens (tertiary/aromatic N) is 3. The predicted octanol–water partition coefficient (Wildman–Crippen LogP) is 3.54. The summed E-state index contributed by atoms with van der Waals surface area (Å²) in [5.41, 5.74) is 1.68. The number of aromatic carboxylic acids is 1. The summed E-state index contributed by atoms with van der Waals surface area (Å²) >= 11 is 0. The number of carboxylic acid groups (broad SMARTS) is 1. The van der Waals surface area contributed by atoms with Gasteiger partial charge in [0.1, 0.15) is 18.0 Å². The Morgan fingerprint density at radius 3 is 2.67 bits per heavy atom. The fourth-order valence-corrected chi connectivity index (χ4v) is 2.67. The van der Waals surface area contributed by atoms with Gasteiger partial charge >= 0.3 is 5.97 Å². The minimum Gasteiger partial charge on any atom is -0.478 e. The van der Waals surface area contributed by atoms with Crippen molar-refractivity contribution in [2.45, 2.75) is 20.4 Å². The molecule has 0 saturated carbocycles. The van der Waals surface area contributed by atoms with Crippen molar-refractivity contribution in [3.63, 3.8) is 0 Å². The Labute approximate surface area is 170 Å². The van der Waals surface area contributed by atoms with Gasteiger partial charge in [-0.2, -0.15) is 5.10 Å². The molecule has 0 aliphatic heterocycles. The summed E-state index contributed by atoms with van der Waals surface area (Å²) in [5, 5.41) is 26.5. The lowest BCUT2D eigenvalue weighted by molar-refractivity contribution is -0.384. The van der Waals surface area contributed by atoms with Crippen molar-refractivity contribution in [2.24, 2.45) is 0 Å². The molecular formula is C20H18N4O6. The van der Waals surface area contributed by atoms with Gasteiger partial charge in [-0.3, -0.25) is 19.6 Å². The fourth-order valence-electron chi connectivity index (χ4n) is 2.67.